The molecule has 0 saturated carbocycles. The predicted octanol–water partition coefficient (Wildman–Crippen LogP) is -0.713. The van der Waals surface area contributed by atoms with Crippen LogP contribution in [0.5, 0.6) is 0 Å². The molecule has 0 aliphatic rings. The monoisotopic (exact) mass is 289 g/mol. The van der Waals surface area contributed by atoms with Gasteiger partial charge in [0.25, 0.3) is 5.56 Å². The van der Waals surface area contributed by atoms with Gasteiger partial charge in [0.05, 0.1) is 25.2 Å². The summed E-state index contributed by atoms with van der Waals surface area (Å²) in [6, 6.07) is 1.98. The van der Waals surface area contributed by atoms with Crippen LogP contribution in [0.2, 0.25) is 0 Å². The number of carbonyl (C=O) groups is 1. The first-order valence-electron chi connectivity index (χ1n) is 6.41. The van der Waals surface area contributed by atoms with Crippen LogP contribution in [-0.4, -0.2) is 49.2 Å². The van der Waals surface area contributed by atoms with E-state index in [2.05, 4.69) is 15.4 Å². The number of hydrogen-bond acceptors (Lipinski definition) is 6. The molecule has 2 aromatic heterocycles. The van der Waals surface area contributed by atoms with Crippen molar-refractivity contribution in [1.29, 1.82) is 5.26 Å². The largest absolute Gasteiger partial charge is 0.345 e. The highest BCUT2D eigenvalue weighted by Crippen LogP contribution is 2.02. The van der Waals surface area contributed by atoms with Crippen LogP contribution >= 0.6 is 0 Å². The van der Waals surface area contributed by atoms with Gasteiger partial charge in [-0.25, -0.2) is 9.36 Å². The van der Waals surface area contributed by atoms with Gasteiger partial charge in [-0.2, -0.15) is 10.4 Å². The summed E-state index contributed by atoms with van der Waals surface area (Å²) in [5.41, 5.74) is 0.0919. The SMILES string of the molecule is CN(CCC#N)C(=O)CCn1nnc2c(cnn2C)c1=O. The Kier molecular flexibility index (Phi) is 4.27. The van der Waals surface area contributed by atoms with Crippen molar-refractivity contribution >= 4 is 16.9 Å². The minimum Gasteiger partial charge on any atom is -0.345 e. The van der Waals surface area contributed by atoms with Gasteiger partial charge in [-0.05, 0) is 0 Å². The van der Waals surface area contributed by atoms with Gasteiger partial charge >= 0.3 is 0 Å². The molecule has 0 unspecified atom stereocenters. The zero-order chi connectivity index (χ0) is 15.4. The van der Waals surface area contributed by atoms with Gasteiger partial charge in [-0.1, -0.05) is 5.21 Å². The summed E-state index contributed by atoms with van der Waals surface area (Å²) in [5.74, 6) is -0.148. The van der Waals surface area contributed by atoms with E-state index in [1.807, 2.05) is 6.07 Å². The topological polar surface area (TPSA) is 110 Å². The highest BCUT2D eigenvalue weighted by molar-refractivity contribution is 5.76. The Balaban J connectivity index is 2.07. The minimum atomic E-state index is -0.319. The lowest BCUT2D eigenvalue weighted by molar-refractivity contribution is -0.130. The molecule has 0 N–H and O–H groups in total. The lowest BCUT2D eigenvalue weighted by Gasteiger charge is -2.15. The van der Waals surface area contributed by atoms with Crippen molar-refractivity contribution in [3.63, 3.8) is 0 Å². The smallest absolute Gasteiger partial charge is 0.280 e. The van der Waals surface area contributed by atoms with Crippen LogP contribution in [0.3, 0.4) is 0 Å². The molecule has 0 bridgehead atoms. The summed E-state index contributed by atoms with van der Waals surface area (Å²) in [4.78, 5) is 25.4. The van der Waals surface area contributed by atoms with Gasteiger partial charge in [-0.3, -0.25) is 9.59 Å². The number of aromatic nitrogens is 5. The van der Waals surface area contributed by atoms with Crippen molar-refractivity contribution in [1.82, 2.24) is 29.7 Å². The van der Waals surface area contributed by atoms with E-state index in [1.54, 1.807) is 14.1 Å². The molecule has 2 aromatic rings. The van der Waals surface area contributed by atoms with E-state index >= 15 is 0 Å². The molecule has 0 atom stereocenters. The van der Waals surface area contributed by atoms with E-state index in [-0.39, 0.29) is 30.9 Å². The normalized spacial score (nSPS) is 10.5. The van der Waals surface area contributed by atoms with Gasteiger partial charge in [0.15, 0.2) is 5.65 Å². The minimum absolute atomic E-state index is 0.127. The molecular formula is C12H15N7O2. The molecule has 1 amide bonds. The van der Waals surface area contributed by atoms with E-state index in [0.29, 0.717) is 17.6 Å². The van der Waals surface area contributed by atoms with Crippen molar-refractivity contribution in [2.45, 2.75) is 19.4 Å². The second-order valence-electron chi connectivity index (χ2n) is 4.60. The van der Waals surface area contributed by atoms with Gasteiger partial charge in [0.1, 0.15) is 5.39 Å². The van der Waals surface area contributed by atoms with Crippen LogP contribution in [0.15, 0.2) is 11.0 Å². The van der Waals surface area contributed by atoms with Crippen LogP contribution in [0, 0.1) is 11.3 Å². The molecule has 2 heterocycles. The van der Waals surface area contributed by atoms with Crippen LogP contribution in [0.25, 0.3) is 11.0 Å². The van der Waals surface area contributed by atoms with E-state index in [1.165, 1.54) is 15.8 Å². The van der Waals surface area contributed by atoms with E-state index < -0.39 is 0 Å². The number of nitrogens with zero attached hydrogens (tertiary/aromatic N) is 7. The average Bonchev–Trinajstić information content (AvgIpc) is 2.86. The second-order valence-corrected chi connectivity index (χ2v) is 4.60. The first-order valence-corrected chi connectivity index (χ1v) is 6.41. The van der Waals surface area contributed by atoms with Gasteiger partial charge < -0.3 is 4.90 Å². The molecule has 0 fully saturated rings. The highest BCUT2D eigenvalue weighted by atomic mass is 16.2. The van der Waals surface area contributed by atoms with E-state index in [0.717, 1.165) is 4.68 Å². The molecule has 0 aromatic carbocycles. The Labute approximate surface area is 120 Å². The first kappa shape index (κ1) is 14.6. The van der Waals surface area contributed by atoms with Crippen LogP contribution < -0.4 is 5.56 Å². The summed E-state index contributed by atoms with van der Waals surface area (Å²) in [6.45, 7) is 0.518. The quantitative estimate of drug-likeness (QED) is 0.719. The van der Waals surface area contributed by atoms with Crippen molar-refractivity contribution < 1.29 is 4.79 Å². The fourth-order valence-electron chi connectivity index (χ4n) is 1.86. The molecule has 21 heavy (non-hydrogen) atoms. The number of amides is 1. The average molecular weight is 289 g/mol. The van der Waals surface area contributed by atoms with Gasteiger partial charge in [0.2, 0.25) is 5.91 Å². The molecule has 9 nitrogen and oxygen atoms in total. The molecule has 110 valence electrons. The fraction of sp³-hybridized carbons (Fsp3) is 0.500. The second kappa shape index (κ2) is 6.13. The number of rotatable bonds is 5. The molecule has 0 aliphatic heterocycles. The number of fused-ring (bicyclic) bond motifs is 1. The third-order valence-corrected chi connectivity index (χ3v) is 3.14. The summed E-state index contributed by atoms with van der Waals surface area (Å²) < 4.78 is 2.62. The first-order chi connectivity index (χ1) is 10.0. The number of nitriles is 1. The van der Waals surface area contributed by atoms with Crippen LogP contribution in [0.1, 0.15) is 12.8 Å². The molecule has 0 aliphatic carbocycles. The maximum atomic E-state index is 12.1. The Morgan fingerprint density at radius 1 is 1.52 bits per heavy atom. The van der Waals surface area contributed by atoms with Crippen molar-refractivity contribution in [2.24, 2.45) is 7.05 Å². The Morgan fingerprint density at radius 2 is 2.29 bits per heavy atom. The Morgan fingerprint density at radius 3 is 3.00 bits per heavy atom. The van der Waals surface area contributed by atoms with Crippen molar-refractivity contribution in [2.75, 3.05) is 13.6 Å². The molecule has 2 rings (SSSR count). The molecule has 0 saturated heterocycles. The molecular weight excluding hydrogens is 274 g/mol. The Hall–Kier alpha value is -2.76. The predicted molar refractivity (Wildman–Crippen MR) is 73.0 cm³/mol. The number of hydrogen-bond donors (Lipinski definition) is 0. The Bertz CT molecular complexity index is 755. The van der Waals surface area contributed by atoms with E-state index in [4.69, 9.17) is 5.26 Å². The number of aryl methyl sites for hydroxylation is 2. The maximum absolute atomic E-state index is 12.1. The van der Waals surface area contributed by atoms with Crippen LogP contribution in [-0.2, 0) is 18.4 Å². The summed E-state index contributed by atoms with van der Waals surface area (Å²) in [6.07, 6.45) is 1.84. The summed E-state index contributed by atoms with van der Waals surface area (Å²) in [7, 11) is 3.30. The molecule has 9 heteroatoms. The third-order valence-electron chi connectivity index (χ3n) is 3.14. The third kappa shape index (κ3) is 3.05. The van der Waals surface area contributed by atoms with Crippen molar-refractivity contribution in [3.8, 4) is 6.07 Å². The van der Waals surface area contributed by atoms with Gasteiger partial charge in [-0.15, -0.1) is 5.10 Å². The van der Waals surface area contributed by atoms with Crippen LogP contribution in [0.4, 0.5) is 0 Å². The number of carbonyl (C=O) groups excluding carboxylic acids is 1. The van der Waals surface area contributed by atoms with E-state index in [9.17, 15) is 9.59 Å². The maximum Gasteiger partial charge on any atom is 0.280 e. The summed E-state index contributed by atoms with van der Waals surface area (Å²) >= 11 is 0. The zero-order valence-electron chi connectivity index (χ0n) is 11.9. The standard InChI is InChI=1S/C12H15N7O2/c1-17(6-3-5-13)10(20)4-7-19-12(21)9-8-14-18(2)11(9)15-16-19/h8H,3-4,6-7H2,1-2H3. The lowest BCUT2D eigenvalue weighted by Crippen LogP contribution is -2.31. The molecule has 0 radical (unpaired) electrons. The lowest BCUT2D eigenvalue weighted by atomic mass is 10.3. The summed E-state index contributed by atoms with van der Waals surface area (Å²) in [5, 5.41) is 20.5. The zero-order valence-corrected chi connectivity index (χ0v) is 11.9. The highest BCUT2D eigenvalue weighted by Gasteiger charge is 2.12. The van der Waals surface area contributed by atoms with Crippen molar-refractivity contribution in [3.05, 3.63) is 16.6 Å². The van der Waals surface area contributed by atoms with Gasteiger partial charge in [0, 0.05) is 27.1 Å². The fourth-order valence-corrected chi connectivity index (χ4v) is 1.86. The molecule has 0 spiro atoms.